The van der Waals surface area contributed by atoms with Gasteiger partial charge in [0.1, 0.15) is 6.04 Å². The first-order chi connectivity index (χ1) is 12.4. The number of carbonyl (C=O) groups excluding carboxylic acids is 2. The van der Waals surface area contributed by atoms with Crippen LogP contribution in [0.25, 0.3) is 0 Å². The lowest BCUT2D eigenvalue weighted by atomic mass is 10.0. The highest BCUT2D eigenvalue weighted by Gasteiger charge is 2.25. The van der Waals surface area contributed by atoms with Crippen molar-refractivity contribution in [1.29, 1.82) is 0 Å². The normalized spacial score (nSPS) is 11.5. The van der Waals surface area contributed by atoms with Crippen molar-refractivity contribution < 1.29 is 9.59 Å². The molecule has 0 saturated carbocycles. The molecule has 0 aliphatic carbocycles. The van der Waals surface area contributed by atoms with Crippen LogP contribution in [0.4, 0.5) is 5.69 Å². The van der Waals surface area contributed by atoms with Crippen LogP contribution in [0.2, 0.25) is 5.02 Å². The number of hydrogen-bond donors (Lipinski definition) is 4. The van der Waals surface area contributed by atoms with E-state index >= 15 is 0 Å². The predicted octanol–water partition coefficient (Wildman–Crippen LogP) is 3.17. The van der Waals surface area contributed by atoms with Crippen molar-refractivity contribution in [2.45, 2.75) is 19.9 Å². The van der Waals surface area contributed by atoms with Crippen LogP contribution in [0.15, 0.2) is 41.8 Å². The van der Waals surface area contributed by atoms with Crippen molar-refractivity contribution >= 4 is 57.8 Å². The number of hydrogen-bond acceptors (Lipinski definition) is 4. The van der Waals surface area contributed by atoms with Crippen molar-refractivity contribution in [3.05, 3.63) is 51.7 Å². The zero-order chi connectivity index (χ0) is 19.1. The van der Waals surface area contributed by atoms with Gasteiger partial charge in [-0.25, -0.2) is 0 Å². The molecule has 0 aliphatic rings. The maximum absolute atomic E-state index is 12.4. The molecule has 4 N–H and O–H groups in total. The zero-order valence-electron chi connectivity index (χ0n) is 14.2. The summed E-state index contributed by atoms with van der Waals surface area (Å²) in [6.07, 6.45) is 0. The molecular formula is C17H19ClN4O2S2. The van der Waals surface area contributed by atoms with Gasteiger partial charge < -0.3 is 10.6 Å². The Morgan fingerprint density at radius 1 is 1.12 bits per heavy atom. The Morgan fingerprint density at radius 3 is 2.38 bits per heavy atom. The fourth-order valence-electron chi connectivity index (χ4n) is 2.05. The SMILES string of the molecule is CC(C)[C@H](NC(=O)c1cccs1)C(=O)NNC(=S)Nc1ccc(Cl)cc1. The van der Waals surface area contributed by atoms with Gasteiger partial charge in [-0.3, -0.25) is 20.4 Å². The average Bonchev–Trinajstić information content (AvgIpc) is 3.14. The fraction of sp³-hybridized carbons (Fsp3) is 0.235. The van der Waals surface area contributed by atoms with E-state index in [2.05, 4.69) is 21.5 Å². The number of thiocarbonyl (C=S) groups is 1. The predicted molar refractivity (Wildman–Crippen MR) is 109 cm³/mol. The van der Waals surface area contributed by atoms with Crippen molar-refractivity contribution in [3.63, 3.8) is 0 Å². The van der Waals surface area contributed by atoms with Crippen molar-refractivity contribution in [2.24, 2.45) is 5.92 Å². The topological polar surface area (TPSA) is 82.3 Å². The Labute approximate surface area is 166 Å². The quantitative estimate of drug-likeness (QED) is 0.449. The second kappa shape index (κ2) is 9.51. The summed E-state index contributed by atoms with van der Waals surface area (Å²) in [7, 11) is 0. The first-order valence-corrected chi connectivity index (χ1v) is 9.50. The molecule has 2 rings (SSSR count). The van der Waals surface area contributed by atoms with E-state index in [1.807, 2.05) is 19.2 Å². The summed E-state index contributed by atoms with van der Waals surface area (Å²) >= 11 is 12.3. The van der Waals surface area contributed by atoms with Crippen LogP contribution < -0.4 is 21.5 Å². The van der Waals surface area contributed by atoms with E-state index in [9.17, 15) is 9.59 Å². The van der Waals surface area contributed by atoms with Crippen LogP contribution in [0.5, 0.6) is 0 Å². The molecule has 1 aromatic carbocycles. The van der Waals surface area contributed by atoms with E-state index < -0.39 is 6.04 Å². The molecule has 2 amide bonds. The van der Waals surface area contributed by atoms with Crippen molar-refractivity contribution in [2.75, 3.05) is 5.32 Å². The van der Waals surface area contributed by atoms with Gasteiger partial charge in [-0.15, -0.1) is 11.3 Å². The van der Waals surface area contributed by atoms with E-state index in [-0.39, 0.29) is 22.8 Å². The van der Waals surface area contributed by atoms with Gasteiger partial charge in [0.05, 0.1) is 4.88 Å². The monoisotopic (exact) mass is 410 g/mol. The molecule has 0 aliphatic heterocycles. The van der Waals surface area contributed by atoms with Gasteiger partial charge in [0.2, 0.25) is 0 Å². The molecule has 138 valence electrons. The number of benzene rings is 1. The van der Waals surface area contributed by atoms with Gasteiger partial charge in [0.25, 0.3) is 11.8 Å². The Hall–Kier alpha value is -2.16. The molecule has 0 radical (unpaired) electrons. The van der Waals surface area contributed by atoms with Crippen LogP contribution in [-0.2, 0) is 4.79 Å². The van der Waals surface area contributed by atoms with E-state index in [0.29, 0.717) is 9.90 Å². The van der Waals surface area contributed by atoms with Crippen molar-refractivity contribution in [3.8, 4) is 0 Å². The Morgan fingerprint density at radius 2 is 1.81 bits per heavy atom. The summed E-state index contributed by atoms with van der Waals surface area (Å²) in [6, 6.07) is 9.76. The molecule has 2 aromatic rings. The molecule has 0 spiro atoms. The number of carbonyl (C=O) groups is 2. The van der Waals surface area contributed by atoms with E-state index in [1.54, 1.807) is 36.4 Å². The van der Waals surface area contributed by atoms with Crippen LogP contribution in [-0.4, -0.2) is 23.0 Å². The summed E-state index contributed by atoms with van der Waals surface area (Å²) in [5, 5.41) is 8.29. The van der Waals surface area contributed by atoms with E-state index in [1.165, 1.54) is 11.3 Å². The molecule has 9 heteroatoms. The first-order valence-electron chi connectivity index (χ1n) is 7.83. The van der Waals surface area contributed by atoms with Gasteiger partial charge in [-0.05, 0) is 53.8 Å². The third kappa shape index (κ3) is 5.98. The largest absolute Gasteiger partial charge is 0.339 e. The molecular weight excluding hydrogens is 392 g/mol. The van der Waals surface area contributed by atoms with Gasteiger partial charge in [-0.2, -0.15) is 0 Å². The minimum Gasteiger partial charge on any atom is -0.339 e. The minimum atomic E-state index is -0.699. The Kier molecular flexibility index (Phi) is 7.38. The lowest BCUT2D eigenvalue weighted by molar-refractivity contribution is -0.124. The van der Waals surface area contributed by atoms with Gasteiger partial charge in [0.15, 0.2) is 5.11 Å². The standard InChI is InChI=1S/C17H19ClN4O2S2/c1-10(2)14(20-15(23)13-4-3-9-26-13)16(24)21-22-17(25)19-12-7-5-11(18)6-8-12/h3-10,14H,1-2H3,(H,20,23)(H,21,24)(H2,19,22,25)/t14-/m0/s1. The van der Waals surface area contributed by atoms with E-state index in [0.717, 1.165) is 5.69 Å². The maximum Gasteiger partial charge on any atom is 0.262 e. The van der Waals surface area contributed by atoms with Crippen molar-refractivity contribution in [1.82, 2.24) is 16.2 Å². The number of thiophene rings is 1. The van der Waals surface area contributed by atoms with E-state index in [4.69, 9.17) is 23.8 Å². The number of anilines is 1. The fourth-order valence-corrected chi connectivity index (χ4v) is 2.97. The molecule has 6 nitrogen and oxygen atoms in total. The molecule has 0 unspecified atom stereocenters. The number of nitrogens with one attached hydrogen (secondary N) is 4. The smallest absolute Gasteiger partial charge is 0.262 e. The van der Waals surface area contributed by atoms with Crippen LogP contribution in [0.3, 0.4) is 0 Å². The maximum atomic E-state index is 12.4. The Balaban J connectivity index is 1.87. The summed E-state index contributed by atoms with van der Waals surface area (Å²) in [5.74, 6) is -0.764. The molecule has 1 atom stereocenters. The average molecular weight is 411 g/mol. The summed E-state index contributed by atoms with van der Waals surface area (Å²) in [6.45, 7) is 3.70. The highest BCUT2D eigenvalue weighted by molar-refractivity contribution is 7.80. The summed E-state index contributed by atoms with van der Waals surface area (Å²) < 4.78 is 0. The first kappa shape index (κ1) is 20.2. The van der Waals surface area contributed by atoms with Gasteiger partial charge in [0, 0.05) is 10.7 Å². The third-order valence-electron chi connectivity index (χ3n) is 3.38. The minimum absolute atomic E-state index is 0.0986. The zero-order valence-corrected chi connectivity index (χ0v) is 16.6. The highest BCUT2D eigenvalue weighted by atomic mass is 35.5. The number of rotatable bonds is 5. The van der Waals surface area contributed by atoms with Gasteiger partial charge in [-0.1, -0.05) is 31.5 Å². The highest BCUT2D eigenvalue weighted by Crippen LogP contribution is 2.13. The van der Waals surface area contributed by atoms with Gasteiger partial charge >= 0.3 is 0 Å². The van der Waals surface area contributed by atoms with Crippen LogP contribution in [0.1, 0.15) is 23.5 Å². The molecule has 0 saturated heterocycles. The molecule has 1 aromatic heterocycles. The number of amides is 2. The van der Waals surface area contributed by atoms with Crippen LogP contribution >= 0.6 is 35.2 Å². The molecule has 0 bridgehead atoms. The third-order valence-corrected chi connectivity index (χ3v) is 4.71. The van der Waals surface area contributed by atoms with Crippen LogP contribution in [0, 0.1) is 5.92 Å². The second-order valence-corrected chi connectivity index (χ2v) is 7.54. The summed E-state index contributed by atoms with van der Waals surface area (Å²) in [4.78, 5) is 25.1. The molecule has 26 heavy (non-hydrogen) atoms. The number of hydrazine groups is 1. The lowest BCUT2D eigenvalue weighted by Crippen LogP contribution is -2.54. The lowest BCUT2D eigenvalue weighted by Gasteiger charge is -2.22. The second-order valence-electron chi connectivity index (χ2n) is 5.75. The Bertz CT molecular complexity index is 764. The number of halogens is 1. The summed E-state index contributed by atoms with van der Waals surface area (Å²) in [5.41, 5.74) is 5.87. The molecule has 1 heterocycles. The molecule has 0 fully saturated rings.